The van der Waals surface area contributed by atoms with Gasteiger partial charge in [0.2, 0.25) is 0 Å². The van der Waals surface area contributed by atoms with Crippen LogP contribution in [0.2, 0.25) is 0 Å². The van der Waals surface area contributed by atoms with Gasteiger partial charge in [0.25, 0.3) is 0 Å². The first-order chi connectivity index (χ1) is 7.11. The second-order valence-electron chi connectivity index (χ2n) is 5.52. The van der Waals surface area contributed by atoms with E-state index in [4.69, 9.17) is 5.11 Å². The Balaban J connectivity index is 2.34. The third kappa shape index (κ3) is 4.83. The molecule has 0 aromatic heterocycles. The highest BCUT2D eigenvalue weighted by molar-refractivity contribution is 5.02. The summed E-state index contributed by atoms with van der Waals surface area (Å²) in [7, 11) is 0. The lowest BCUT2D eigenvalue weighted by Gasteiger charge is -2.24. The zero-order valence-corrected chi connectivity index (χ0v) is 10.5. The van der Waals surface area contributed by atoms with Crippen molar-refractivity contribution in [2.75, 3.05) is 6.61 Å². The molecule has 1 N–H and O–H groups in total. The van der Waals surface area contributed by atoms with Crippen LogP contribution in [-0.4, -0.2) is 11.7 Å². The van der Waals surface area contributed by atoms with Crippen LogP contribution >= 0.6 is 0 Å². The van der Waals surface area contributed by atoms with E-state index in [1.807, 2.05) is 0 Å². The van der Waals surface area contributed by atoms with Crippen molar-refractivity contribution in [2.45, 2.75) is 52.9 Å². The van der Waals surface area contributed by atoms with Crippen LogP contribution in [0.15, 0.2) is 11.6 Å². The minimum absolute atomic E-state index is 0.312. The summed E-state index contributed by atoms with van der Waals surface area (Å²) in [5.74, 6) is 2.17. The van der Waals surface area contributed by atoms with Crippen molar-refractivity contribution in [2.24, 2.45) is 17.8 Å². The van der Waals surface area contributed by atoms with Crippen molar-refractivity contribution in [1.29, 1.82) is 0 Å². The Morgan fingerprint density at radius 2 is 1.93 bits per heavy atom. The molecule has 1 heteroatoms. The predicted octanol–water partition coefficient (Wildman–Crippen LogP) is 3.78. The first-order valence-electron chi connectivity index (χ1n) is 6.40. The van der Waals surface area contributed by atoms with Crippen molar-refractivity contribution in [1.82, 2.24) is 0 Å². The lowest BCUT2D eigenvalue weighted by Crippen LogP contribution is -2.11. The molecule has 0 saturated heterocycles. The van der Waals surface area contributed by atoms with E-state index in [-0.39, 0.29) is 0 Å². The Hall–Kier alpha value is -0.300. The van der Waals surface area contributed by atoms with Gasteiger partial charge in [-0.3, -0.25) is 0 Å². The Bertz CT molecular complexity index is 199. The number of aliphatic hydroxyl groups excluding tert-OH is 1. The van der Waals surface area contributed by atoms with Crippen LogP contribution in [-0.2, 0) is 0 Å². The predicted molar refractivity (Wildman–Crippen MR) is 65.7 cm³/mol. The fraction of sp³-hybridized carbons (Fsp3) is 0.857. The van der Waals surface area contributed by atoms with Crippen molar-refractivity contribution in [3.8, 4) is 0 Å². The molecule has 0 heterocycles. The minimum Gasteiger partial charge on any atom is -0.396 e. The van der Waals surface area contributed by atoms with Crippen LogP contribution in [0.1, 0.15) is 52.9 Å². The van der Waals surface area contributed by atoms with Crippen molar-refractivity contribution in [3.05, 3.63) is 11.6 Å². The lowest BCUT2D eigenvalue weighted by atomic mass is 9.82. The molecule has 1 aliphatic rings. The number of allylic oxidation sites excluding steroid dienone is 2. The monoisotopic (exact) mass is 210 g/mol. The number of hydrogen-bond donors (Lipinski definition) is 1. The molecule has 15 heavy (non-hydrogen) atoms. The summed E-state index contributed by atoms with van der Waals surface area (Å²) in [5.41, 5.74) is 1.47. The topological polar surface area (TPSA) is 20.2 Å². The van der Waals surface area contributed by atoms with Gasteiger partial charge in [-0.25, -0.2) is 0 Å². The first kappa shape index (κ1) is 12.8. The number of hydrogen-bond acceptors (Lipinski definition) is 1. The third-order valence-corrected chi connectivity index (χ3v) is 3.56. The molecule has 1 saturated carbocycles. The highest BCUT2D eigenvalue weighted by atomic mass is 16.3. The Morgan fingerprint density at radius 3 is 2.47 bits per heavy atom. The molecule has 1 rings (SSSR count). The molecule has 0 aliphatic heterocycles. The van der Waals surface area contributed by atoms with Crippen LogP contribution in [0.4, 0.5) is 0 Å². The molecule has 1 nitrogen and oxygen atoms in total. The maximum absolute atomic E-state index is 9.00. The molecule has 0 aromatic rings. The quantitative estimate of drug-likeness (QED) is 0.700. The van der Waals surface area contributed by atoms with Gasteiger partial charge in [0.05, 0.1) is 0 Å². The molecule has 1 aliphatic carbocycles. The second kappa shape index (κ2) is 6.32. The maximum atomic E-state index is 9.00. The summed E-state index contributed by atoms with van der Waals surface area (Å²) in [6, 6.07) is 0. The van der Waals surface area contributed by atoms with E-state index < -0.39 is 0 Å². The molecule has 0 radical (unpaired) electrons. The molecule has 0 aromatic carbocycles. The largest absolute Gasteiger partial charge is 0.396 e. The zero-order valence-electron chi connectivity index (χ0n) is 10.5. The fourth-order valence-corrected chi connectivity index (χ4v) is 2.54. The summed E-state index contributed by atoms with van der Waals surface area (Å²) in [5, 5.41) is 9.00. The highest BCUT2D eigenvalue weighted by Crippen LogP contribution is 2.30. The zero-order chi connectivity index (χ0) is 11.3. The summed E-state index contributed by atoms with van der Waals surface area (Å²) in [4.78, 5) is 0. The number of aliphatic hydroxyl groups is 1. The van der Waals surface area contributed by atoms with Crippen LogP contribution in [0.5, 0.6) is 0 Å². The smallest absolute Gasteiger partial charge is 0.0459 e. The van der Waals surface area contributed by atoms with E-state index in [0.29, 0.717) is 12.5 Å². The molecular formula is C14H26O. The van der Waals surface area contributed by atoms with E-state index >= 15 is 0 Å². The lowest BCUT2D eigenvalue weighted by molar-refractivity contribution is 0.236. The van der Waals surface area contributed by atoms with Gasteiger partial charge in [0, 0.05) is 6.61 Å². The molecule has 0 bridgehead atoms. The Labute approximate surface area is 94.6 Å². The summed E-state index contributed by atoms with van der Waals surface area (Å²) in [6.07, 6.45) is 9.03. The van der Waals surface area contributed by atoms with Crippen LogP contribution in [0.3, 0.4) is 0 Å². The average Bonchev–Trinajstić information content (AvgIpc) is 2.21. The van der Waals surface area contributed by atoms with Crippen LogP contribution < -0.4 is 0 Å². The van der Waals surface area contributed by atoms with Gasteiger partial charge in [-0.1, -0.05) is 38.3 Å². The standard InChI is InChI=1S/C14H26O/c1-11-4-6-14(7-5-11)9-12(2)8-13(3)10-15/h9,11,13-15H,4-8,10H2,1-3H3. The van der Waals surface area contributed by atoms with Gasteiger partial charge in [0.1, 0.15) is 0 Å². The molecule has 1 atom stereocenters. The maximum Gasteiger partial charge on any atom is 0.0459 e. The molecule has 1 fully saturated rings. The van der Waals surface area contributed by atoms with Crippen molar-refractivity contribution < 1.29 is 5.11 Å². The third-order valence-electron chi connectivity index (χ3n) is 3.56. The van der Waals surface area contributed by atoms with E-state index in [0.717, 1.165) is 18.3 Å². The molecular weight excluding hydrogens is 184 g/mol. The normalized spacial score (nSPS) is 30.3. The van der Waals surface area contributed by atoms with E-state index in [9.17, 15) is 0 Å². The van der Waals surface area contributed by atoms with E-state index in [2.05, 4.69) is 26.8 Å². The van der Waals surface area contributed by atoms with Crippen LogP contribution in [0.25, 0.3) is 0 Å². The van der Waals surface area contributed by atoms with Gasteiger partial charge < -0.3 is 5.11 Å². The molecule has 0 spiro atoms. The SMILES string of the molecule is CC(=CC1CCC(C)CC1)CC(C)CO. The van der Waals surface area contributed by atoms with E-state index in [1.54, 1.807) is 0 Å². The molecule has 1 unspecified atom stereocenters. The summed E-state index contributed by atoms with van der Waals surface area (Å²) in [6.45, 7) is 7.00. The summed E-state index contributed by atoms with van der Waals surface area (Å²) < 4.78 is 0. The molecule has 88 valence electrons. The average molecular weight is 210 g/mol. The van der Waals surface area contributed by atoms with Gasteiger partial charge in [0.15, 0.2) is 0 Å². The van der Waals surface area contributed by atoms with Crippen molar-refractivity contribution >= 4 is 0 Å². The Morgan fingerprint density at radius 1 is 1.33 bits per heavy atom. The number of rotatable bonds is 4. The van der Waals surface area contributed by atoms with Gasteiger partial charge in [-0.2, -0.15) is 0 Å². The van der Waals surface area contributed by atoms with Gasteiger partial charge >= 0.3 is 0 Å². The first-order valence-corrected chi connectivity index (χ1v) is 6.40. The fourth-order valence-electron chi connectivity index (χ4n) is 2.54. The van der Waals surface area contributed by atoms with Gasteiger partial charge in [-0.05, 0) is 43.9 Å². The summed E-state index contributed by atoms with van der Waals surface area (Å²) >= 11 is 0. The minimum atomic E-state index is 0.312. The highest BCUT2D eigenvalue weighted by Gasteiger charge is 2.16. The van der Waals surface area contributed by atoms with Crippen LogP contribution in [0, 0.1) is 17.8 Å². The Kier molecular flexibility index (Phi) is 5.38. The van der Waals surface area contributed by atoms with Crippen molar-refractivity contribution in [3.63, 3.8) is 0 Å². The van der Waals surface area contributed by atoms with Gasteiger partial charge in [-0.15, -0.1) is 0 Å². The molecule has 0 amide bonds. The van der Waals surface area contributed by atoms with E-state index in [1.165, 1.54) is 31.3 Å². The second-order valence-corrected chi connectivity index (χ2v) is 5.52.